The molecule has 2 aromatic carbocycles. The Bertz CT molecular complexity index is 552. The van der Waals surface area contributed by atoms with Crippen LogP contribution in [-0.2, 0) is 4.74 Å². The second kappa shape index (κ2) is 10.6. The van der Waals surface area contributed by atoms with Gasteiger partial charge >= 0.3 is 0 Å². The lowest BCUT2D eigenvalue weighted by molar-refractivity contribution is 0.154. The molecule has 1 aliphatic heterocycles. The number of rotatable bonds is 0. The van der Waals surface area contributed by atoms with Crippen molar-refractivity contribution >= 4 is 11.4 Å². The van der Waals surface area contributed by atoms with Crippen molar-refractivity contribution in [3.05, 3.63) is 48.5 Å². The number of anilines is 2. The van der Waals surface area contributed by atoms with Gasteiger partial charge < -0.3 is 24.8 Å². The van der Waals surface area contributed by atoms with Crippen molar-refractivity contribution in [3.63, 3.8) is 0 Å². The molecule has 140 valence electrons. The summed E-state index contributed by atoms with van der Waals surface area (Å²) in [7, 11) is 0. The molecule has 26 heavy (non-hydrogen) atoms. The zero-order valence-corrected chi connectivity index (χ0v) is 15.2. The number of benzene rings is 2. The molecule has 1 heterocycles. The first kappa shape index (κ1) is 18.4. The van der Waals surface area contributed by atoms with Crippen LogP contribution in [0.2, 0.25) is 0 Å². The molecule has 0 spiro atoms. The van der Waals surface area contributed by atoms with Crippen LogP contribution in [0.1, 0.15) is 19.3 Å². The van der Waals surface area contributed by atoms with E-state index in [1.165, 1.54) is 0 Å². The highest BCUT2D eigenvalue weighted by atomic mass is 16.5. The van der Waals surface area contributed by atoms with E-state index in [1.807, 2.05) is 48.5 Å². The van der Waals surface area contributed by atoms with Crippen LogP contribution in [0, 0.1) is 0 Å². The SMILES string of the molecule is c1ccc2c(c1)NCCOCCNc1ccccc1OCCCCCO2. The quantitative estimate of drug-likeness (QED) is 0.742. The van der Waals surface area contributed by atoms with Crippen molar-refractivity contribution in [2.75, 3.05) is 50.2 Å². The van der Waals surface area contributed by atoms with Crippen LogP contribution in [-0.4, -0.2) is 39.5 Å². The Hall–Kier alpha value is -2.40. The summed E-state index contributed by atoms with van der Waals surface area (Å²) in [6.07, 6.45) is 3.11. The summed E-state index contributed by atoms with van der Waals surface area (Å²) < 4.78 is 17.6. The van der Waals surface area contributed by atoms with Crippen LogP contribution < -0.4 is 20.1 Å². The fourth-order valence-electron chi connectivity index (χ4n) is 2.84. The minimum absolute atomic E-state index is 0.647. The minimum Gasteiger partial charge on any atom is -0.491 e. The highest BCUT2D eigenvalue weighted by molar-refractivity contribution is 5.56. The van der Waals surface area contributed by atoms with Crippen LogP contribution >= 0.6 is 0 Å². The van der Waals surface area contributed by atoms with E-state index in [1.54, 1.807) is 0 Å². The maximum absolute atomic E-state index is 5.94. The van der Waals surface area contributed by atoms with Gasteiger partial charge in [-0.1, -0.05) is 24.3 Å². The molecule has 0 atom stereocenters. The third-order valence-electron chi connectivity index (χ3n) is 4.20. The third-order valence-corrected chi connectivity index (χ3v) is 4.20. The summed E-state index contributed by atoms with van der Waals surface area (Å²) in [5.74, 6) is 1.81. The lowest BCUT2D eigenvalue weighted by Crippen LogP contribution is -2.15. The van der Waals surface area contributed by atoms with Gasteiger partial charge in [0.1, 0.15) is 11.5 Å². The molecule has 0 aromatic heterocycles. The highest BCUT2D eigenvalue weighted by Gasteiger charge is 2.05. The molecule has 0 bridgehead atoms. The van der Waals surface area contributed by atoms with Gasteiger partial charge in [0.15, 0.2) is 0 Å². The van der Waals surface area contributed by atoms with E-state index in [0.29, 0.717) is 26.4 Å². The van der Waals surface area contributed by atoms with Gasteiger partial charge in [-0.05, 0) is 43.5 Å². The largest absolute Gasteiger partial charge is 0.491 e. The Morgan fingerprint density at radius 2 is 1.08 bits per heavy atom. The first-order valence-corrected chi connectivity index (χ1v) is 9.42. The Labute approximate surface area is 155 Å². The maximum atomic E-state index is 5.94. The smallest absolute Gasteiger partial charge is 0.142 e. The summed E-state index contributed by atoms with van der Waals surface area (Å²) in [5.41, 5.74) is 2.04. The number of fused-ring (bicyclic) bond motifs is 2. The second-order valence-corrected chi connectivity index (χ2v) is 6.22. The van der Waals surface area contributed by atoms with Crippen LogP contribution in [0.25, 0.3) is 0 Å². The Balaban J connectivity index is 1.56. The second-order valence-electron chi connectivity index (χ2n) is 6.22. The summed E-state index contributed by atoms with van der Waals surface area (Å²) in [6.45, 7) is 4.23. The van der Waals surface area contributed by atoms with Crippen LogP contribution in [0.4, 0.5) is 11.4 Å². The average Bonchev–Trinajstić information content (AvgIpc) is 2.68. The molecule has 0 saturated carbocycles. The molecule has 5 heteroatoms. The van der Waals surface area contributed by atoms with Gasteiger partial charge in [-0.3, -0.25) is 0 Å². The van der Waals surface area contributed by atoms with Crippen LogP contribution in [0.15, 0.2) is 48.5 Å². The molecule has 2 N–H and O–H groups in total. The lowest BCUT2D eigenvalue weighted by Gasteiger charge is -2.15. The van der Waals surface area contributed by atoms with Crippen molar-refractivity contribution in [1.82, 2.24) is 0 Å². The van der Waals surface area contributed by atoms with E-state index in [0.717, 1.165) is 55.2 Å². The van der Waals surface area contributed by atoms with Gasteiger partial charge in [0, 0.05) is 13.1 Å². The predicted molar refractivity (Wildman–Crippen MR) is 106 cm³/mol. The van der Waals surface area contributed by atoms with Gasteiger partial charge in [-0.2, -0.15) is 0 Å². The third kappa shape index (κ3) is 5.85. The van der Waals surface area contributed by atoms with Crippen molar-refractivity contribution in [2.45, 2.75) is 19.3 Å². The zero-order chi connectivity index (χ0) is 17.9. The standard InChI is InChI=1S/C21H28N2O3/c1-6-14-25-20-10-4-2-8-18(20)22-12-16-24-17-13-23-19-9-3-5-11-21(19)26-15-7-1/h2-5,8-11,22-23H,1,6-7,12-17H2. The minimum atomic E-state index is 0.647. The van der Waals surface area contributed by atoms with E-state index in [9.17, 15) is 0 Å². The highest BCUT2D eigenvalue weighted by Crippen LogP contribution is 2.25. The zero-order valence-electron chi connectivity index (χ0n) is 15.2. The van der Waals surface area contributed by atoms with Gasteiger partial charge in [-0.25, -0.2) is 0 Å². The lowest BCUT2D eigenvalue weighted by atomic mass is 10.2. The molecule has 5 nitrogen and oxygen atoms in total. The van der Waals surface area contributed by atoms with E-state index in [-0.39, 0.29) is 0 Å². The van der Waals surface area contributed by atoms with Gasteiger partial charge in [0.25, 0.3) is 0 Å². The van der Waals surface area contributed by atoms with E-state index in [4.69, 9.17) is 14.2 Å². The average molecular weight is 356 g/mol. The molecule has 0 fully saturated rings. The molecule has 0 amide bonds. The summed E-state index contributed by atoms with van der Waals surface area (Å²) >= 11 is 0. The normalized spacial score (nSPS) is 16.9. The molecule has 0 aliphatic carbocycles. The fourth-order valence-corrected chi connectivity index (χ4v) is 2.84. The molecular formula is C21H28N2O3. The molecule has 0 saturated heterocycles. The number of ether oxygens (including phenoxy) is 3. The van der Waals surface area contributed by atoms with Gasteiger partial charge in [0.2, 0.25) is 0 Å². The molecule has 0 radical (unpaired) electrons. The Morgan fingerprint density at radius 3 is 1.62 bits per heavy atom. The van der Waals surface area contributed by atoms with Gasteiger partial charge in [0.05, 0.1) is 37.8 Å². The maximum Gasteiger partial charge on any atom is 0.142 e. The van der Waals surface area contributed by atoms with E-state index in [2.05, 4.69) is 10.6 Å². The molecule has 3 rings (SSSR count). The first-order valence-electron chi connectivity index (χ1n) is 9.42. The summed E-state index contributed by atoms with van der Waals surface area (Å²) in [5, 5.41) is 6.79. The number of nitrogens with one attached hydrogen (secondary N) is 2. The molecule has 0 unspecified atom stereocenters. The van der Waals surface area contributed by atoms with E-state index >= 15 is 0 Å². The summed E-state index contributed by atoms with van der Waals surface area (Å²) in [4.78, 5) is 0. The molecule has 1 aliphatic rings. The number of hydrogen-bond acceptors (Lipinski definition) is 5. The predicted octanol–water partition coefficient (Wildman–Crippen LogP) is 4.17. The number of para-hydroxylation sites is 4. The fraction of sp³-hybridized carbons (Fsp3) is 0.429. The topological polar surface area (TPSA) is 51.8 Å². The summed E-state index contributed by atoms with van der Waals surface area (Å²) in [6, 6.07) is 16.1. The monoisotopic (exact) mass is 356 g/mol. The molecule has 2 aromatic rings. The number of hydrogen-bond donors (Lipinski definition) is 2. The molecular weight excluding hydrogens is 328 g/mol. The van der Waals surface area contributed by atoms with Crippen molar-refractivity contribution in [3.8, 4) is 11.5 Å². The van der Waals surface area contributed by atoms with Crippen molar-refractivity contribution < 1.29 is 14.2 Å². The van der Waals surface area contributed by atoms with Crippen molar-refractivity contribution in [2.24, 2.45) is 0 Å². The van der Waals surface area contributed by atoms with E-state index < -0.39 is 0 Å². The Kier molecular flexibility index (Phi) is 7.47. The van der Waals surface area contributed by atoms with Gasteiger partial charge in [-0.15, -0.1) is 0 Å². The van der Waals surface area contributed by atoms with Crippen LogP contribution in [0.5, 0.6) is 11.5 Å². The van der Waals surface area contributed by atoms with Crippen LogP contribution in [0.3, 0.4) is 0 Å². The Morgan fingerprint density at radius 1 is 0.577 bits per heavy atom. The first-order chi connectivity index (χ1) is 12.9. The van der Waals surface area contributed by atoms with Crippen molar-refractivity contribution in [1.29, 1.82) is 0 Å².